The van der Waals surface area contributed by atoms with Crippen LogP contribution in [0, 0.1) is 6.92 Å². The Balaban J connectivity index is 1.68. The number of aromatic nitrogens is 3. The van der Waals surface area contributed by atoms with E-state index in [0.29, 0.717) is 6.42 Å². The summed E-state index contributed by atoms with van der Waals surface area (Å²) < 4.78 is 2.10. The second-order valence-corrected chi connectivity index (χ2v) is 6.03. The summed E-state index contributed by atoms with van der Waals surface area (Å²) in [6.45, 7) is 2.79. The van der Waals surface area contributed by atoms with Crippen molar-refractivity contribution in [2.24, 2.45) is 0 Å². The SMILES string of the molecule is Cc1nccn1CC[C@@H](NC(=O)Cc1cccnc1)c1ccccc1. The molecule has 0 fully saturated rings. The molecule has 0 aliphatic rings. The van der Waals surface area contributed by atoms with Gasteiger partial charge in [-0.05, 0) is 30.5 Å². The Bertz CT molecular complexity index is 799. The van der Waals surface area contributed by atoms with Crippen LogP contribution in [0.2, 0.25) is 0 Å². The summed E-state index contributed by atoms with van der Waals surface area (Å²) in [6.07, 6.45) is 8.34. The molecule has 5 nitrogen and oxygen atoms in total. The minimum atomic E-state index is -0.0350. The number of carbonyl (C=O) groups is 1. The van der Waals surface area contributed by atoms with Gasteiger partial charge in [0.15, 0.2) is 0 Å². The summed E-state index contributed by atoms with van der Waals surface area (Å²) >= 11 is 0. The largest absolute Gasteiger partial charge is 0.349 e. The number of pyridine rings is 1. The first-order chi connectivity index (χ1) is 12.2. The quantitative estimate of drug-likeness (QED) is 0.722. The Kier molecular flexibility index (Phi) is 5.57. The van der Waals surface area contributed by atoms with Crippen LogP contribution < -0.4 is 5.32 Å². The maximum Gasteiger partial charge on any atom is 0.224 e. The zero-order valence-electron chi connectivity index (χ0n) is 14.3. The molecule has 1 atom stereocenters. The number of nitrogens with one attached hydrogen (secondary N) is 1. The molecule has 0 radical (unpaired) electrons. The zero-order valence-corrected chi connectivity index (χ0v) is 14.3. The zero-order chi connectivity index (χ0) is 17.5. The molecule has 3 rings (SSSR count). The average molecular weight is 334 g/mol. The molecule has 3 aromatic rings. The van der Waals surface area contributed by atoms with E-state index in [1.807, 2.05) is 43.5 Å². The molecule has 0 saturated heterocycles. The van der Waals surface area contributed by atoms with Crippen molar-refractivity contribution < 1.29 is 4.79 Å². The van der Waals surface area contributed by atoms with Gasteiger partial charge in [-0.15, -0.1) is 0 Å². The molecule has 5 heteroatoms. The third-order valence-electron chi connectivity index (χ3n) is 4.21. The molecule has 2 heterocycles. The lowest BCUT2D eigenvalue weighted by atomic mass is 10.0. The number of amides is 1. The van der Waals surface area contributed by atoms with E-state index in [0.717, 1.165) is 29.9 Å². The Morgan fingerprint density at radius 2 is 2.00 bits per heavy atom. The fourth-order valence-electron chi connectivity index (χ4n) is 2.85. The van der Waals surface area contributed by atoms with Crippen LogP contribution in [-0.4, -0.2) is 20.4 Å². The summed E-state index contributed by atoms with van der Waals surface area (Å²) in [5.41, 5.74) is 2.03. The van der Waals surface area contributed by atoms with Crippen LogP contribution >= 0.6 is 0 Å². The second kappa shape index (κ2) is 8.24. The van der Waals surface area contributed by atoms with E-state index in [1.165, 1.54) is 0 Å². The van der Waals surface area contributed by atoms with E-state index in [9.17, 15) is 4.79 Å². The van der Waals surface area contributed by atoms with Crippen molar-refractivity contribution in [2.75, 3.05) is 0 Å². The van der Waals surface area contributed by atoms with Crippen molar-refractivity contribution in [3.05, 3.63) is 84.2 Å². The van der Waals surface area contributed by atoms with Crippen molar-refractivity contribution in [2.45, 2.75) is 32.4 Å². The van der Waals surface area contributed by atoms with Crippen LogP contribution in [0.15, 0.2) is 67.3 Å². The van der Waals surface area contributed by atoms with E-state index < -0.39 is 0 Å². The van der Waals surface area contributed by atoms with Gasteiger partial charge in [-0.25, -0.2) is 4.98 Å². The van der Waals surface area contributed by atoms with Crippen molar-refractivity contribution in [1.82, 2.24) is 19.9 Å². The fourth-order valence-corrected chi connectivity index (χ4v) is 2.85. The molecule has 1 aromatic carbocycles. The highest BCUT2D eigenvalue weighted by atomic mass is 16.1. The Labute approximate surface area is 147 Å². The molecule has 2 aromatic heterocycles. The first kappa shape index (κ1) is 16.9. The van der Waals surface area contributed by atoms with Crippen molar-refractivity contribution >= 4 is 5.91 Å². The van der Waals surface area contributed by atoms with Crippen molar-refractivity contribution in [3.63, 3.8) is 0 Å². The molecule has 128 valence electrons. The average Bonchev–Trinajstić information content (AvgIpc) is 3.05. The van der Waals surface area contributed by atoms with Crippen LogP contribution in [0.5, 0.6) is 0 Å². The number of hydrogen-bond acceptors (Lipinski definition) is 3. The molecule has 0 aliphatic heterocycles. The molecular formula is C20H22N4O. The molecule has 0 saturated carbocycles. The van der Waals surface area contributed by atoms with E-state index in [4.69, 9.17) is 0 Å². The van der Waals surface area contributed by atoms with E-state index in [-0.39, 0.29) is 11.9 Å². The summed E-state index contributed by atoms with van der Waals surface area (Å²) in [5, 5.41) is 3.16. The number of rotatable bonds is 7. The summed E-state index contributed by atoms with van der Waals surface area (Å²) in [7, 11) is 0. The van der Waals surface area contributed by atoms with Crippen LogP contribution in [0.1, 0.15) is 29.4 Å². The number of benzene rings is 1. The standard InChI is InChI=1S/C20H22N4O/c1-16-22-11-13-24(16)12-9-19(18-7-3-2-4-8-18)23-20(25)14-17-6-5-10-21-15-17/h2-8,10-11,13,15,19H,9,12,14H2,1H3,(H,23,25)/t19-/m1/s1. The number of carbonyl (C=O) groups excluding carboxylic acids is 1. The Hall–Kier alpha value is -2.95. The van der Waals surface area contributed by atoms with E-state index >= 15 is 0 Å². The third-order valence-corrected chi connectivity index (χ3v) is 4.21. The lowest BCUT2D eigenvalue weighted by Gasteiger charge is -2.20. The van der Waals surface area contributed by atoms with Gasteiger partial charge in [0.1, 0.15) is 5.82 Å². The predicted molar refractivity (Wildman–Crippen MR) is 96.8 cm³/mol. The van der Waals surface area contributed by atoms with Crippen LogP contribution in [0.25, 0.3) is 0 Å². The summed E-state index contributed by atoms with van der Waals surface area (Å²) in [4.78, 5) is 20.8. The van der Waals surface area contributed by atoms with Crippen molar-refractivity contribution in [3.8, 4) is 0 Å². The number of nitrogens with zero attached hydrogens (tertiary/aromatic N) is 3. The van der Waals surface area contributed by atoms with Crippen LogP contribution in [-0.2, 0) is 17.8 Å². The monoisotopic (exact) mass is 334 g/mol. The number of aryl methyl sites for hydroxylation is 2. The third kappa shape index (κ3) is 4.76. The second-order valence-electron chi connectivity index (χ2n) is 6.03. The molecule has 1 N–H and O–H groups in total. The normalized spacial score (nSPS) is 11.9. The summed E-state index contributed by atoms with van der Waals surface area (Å²) in [6, 6.07) is 13.8. The highest BCUT2D eigenvalue weighted by Crippen LogP contribution is 2.18. The minimum absolute atomic E-state index is 0.00389. The molecule has 0 bridgehead atoms. The minimum Gasteiger partial charge on any atom is -0.349 e. The van der Waals surface area contributed by atoms with Gasteiger partial charge >= 0.3 is 0 Å². The Morgan fingerprint density at radius 1 is 1.16 bits per heavy atom. The lowest BCUT2D eigenvalue weighted by Crippen LogP contribution is -2.30. The van der Waals surface area contributed by atoms with Gasteiger partial charge in [0.05, 0.1) is 12.5 Å². The number of hydrogen-bond donors (Lipinski definition) is 1. The predicted octanol–water partition coefficient (Wildman–Crippen LogP) is 3.08. The highest BCUT2D eigenvalue weighted by Gasteiger charge is 2.15. The van der Waals surface area contributed by atoms with Gasteiger partial charge in [-0.2, -0.15) is 0 Å². The first-order valence-corrected chi connectivity index (χ1v) is 8.43. The van der Waals surface area contributed by atoms with E-state index in [2.05, 4.69) is 32.0 Å². The molecule has 0 spiro atoms. The topological polar surface area (TPSA) is 59.8 Å². The lowest BCUT2D eigenvalue weighted by molar-refractivity contribution is -0.121. The maximum atomic E-state index is 12.5. The van der Waals surface area contributed by atoms with Gasteiger partial charge in [0.25, 0.3) is 0 Å². The van der Waals surface area contributed by atoms with Gasteiger partial charge < -0.3 is 9.88 Å². The maximum absolute atomic E-state index is 12.5. The van der Waals surface area contributed by atoms with Gasteiger partial charge in [-0.3, -0.25) is 9.78 Å². The smallest absolute Gasteiger partial charge is 0.224 e. The van der Waals surface area contributed by atoms with Crippen LogP contribution in [0.3, 0.4) is 0 Å². The van der Waals surface area contributed by atoms with Gasteiger partial charge in [-0.1, -0.05) is 36.4 Å². The molecular weight excluding hydrogens is 312 g/mol. The van der Waals surface area contributed by atoms with Gasteiger partial charge in [0, 0.05) is 31.3 Å². The van der Waals surface area contributed by atoms with Gasteiger partial charge in [0.2, 0.25) is 5.91 Å². The molecule has 1 amide bonds. The Morgan fingerprint density at radius 3 is 2.68 bits per heavy atom. The molecule has 0 unspecified atom stereocenters. The van der Waals surface area contributed by atoms with Crippen LogP contribution in [0.4, 0.5) is 0 Å². The fraction of sp³-hybridized carbons (Fsp3) is 0.250. The highest BCUT2D eigenvalue weighted by molar-refractivity contribution is 5.78. The number of imidazole rings is 1. The molecule has 0 aliphatic carbocycles. The molecule has 25 heavy (non-hydrogen) atoms. The van der Waals surface area contributed by atoms with Crippen molar-refractivity contribution in [1.29, 1.82) is 0 Å². The summed E-state index contributed by atoms with van der Waals surface area (Å²) in [5.74, 6) is 0.984. The van der Waals surface area contributed by atoms with E-state index in [1.54, 1.807) is 18.6 Å². The first-order valence-electron chi connectivity index (χ1n) is 8.43.